The van der Waals surface area contributed by atoms with Gasteiger partial charge in [-0.15, -0.1) is 24.8 Å². The van der Waals surface area contributed by atoms with Gasteiger partial charge in [-0.3, -0.25) is 4.79 Å². The molecule has 1 unspecified atom stereocenters. The van der Waals surface area contributed by atoms with Crippen LogP contribution in [0.4, 0.5) is 0 Å². The lowest BCUT2D eigenvalue weighted by Gasteiger charge is -2.25. The molecular weight excluding hydrogens is 373 g/mol. The van der Waals surface area contributed by atoms with Crippen molar-refractivity contribution in [3.05, 3.63) is 58.5 Å². The van der Waals surface area contributed by atoms with Crippen LogP contribution in [0, 0.1) is 0 Å². The summed E-state index contributed by atoms with van der Waals surface area (Å²) in [5.74, 6) is 0.391. The van der Waals surface area contributed by atoms with Crippen LogP contribution in [0.1, 0.15) is 27.7 Å². The molecule has 2 rings (SSSR count). The Morgan fingerprint density at radius 3 is 2.54 bits per heavy atom. The van der Waals surface area contributed by atoms with Gasteiger partial charge in [0.05, 0.1) is 18.2 Å². The molecule has 0 aliphatic rings. The van der Waals surface area contributed by atoms with Gasteiger partial charge in [0.2, 0.25) is 0 Å². The van der Waals surface area contributed by atoms with Crippen LogP contribution in [0.25, 0.3) is 0 Å². The topological polar surface area (TPSA) is 71.5 Å². The van der Waals surface area contributed by atoms with Gasteiger partial charge in [-0.2, -0.15) is 0 Å². The molecule has 0 radical (unpaired) electrons. The monoisotopic (exact) mass is 393 g/mol. The van der Waals surface area contributed by atoms with Crippen LogP contribution < -0.4 is 11.1 Å². The van der Waals surface area contributed by atoms with Crippen LogP contribution >= 0.6 is 36.4 Å². The van der Waals surface area contributed by atoms with Gasteiger partial charge in [-0.25, -0.2) is 0 Å². The van der Waals surface area contributed by atoms with Crippen LogP contribution in [0.2, 0.25) is 5.02 Å². The summed E-state index contributed by atoms with van der Waals surface area (Å²) in [6.07, 6.45) is 1.41. The summed E-state index contributed by atoms with van der Waals surface area (Å²) in [5.41, 5.74) is 6.92. The Labute approximate surface area is 159 Å². The van der Waals surface area contributed by atoms with Crippen molar-refractivity contribution in [3.63, 3.8) is 0 Å². The van der Waals surface area contributed by atoms with Crippen molar-refractivity contribution < 1.29 is 9.21 Å². The average Bonchev–Trinajstić information content (AvgIpc) is 2.97. The van der Waals surface area contributed by atoms with Crippen LogP contribution in [0.3, 0.4) is 0 Å². The lowest BCUT2D eigenvalue weighted by atomic mass is 10.1. The zero-order chi connectivity index (χ0) is 16.1. The van der Waals surface area contributed by atoms with E-state index in [4.69, 9.17) is 21.8 Å². The molecule has 24 heavy (non-hydrogen) atoms. The van der Waals surface area contributed by atoms with Crippen molar-refractivity contribution in [2.24, 2.45) is 5.73 Å². The fourth-order valence-electron chi connectivity index (χ4n) is 2.21. The summed E-state index contributed by atoms with van der Waals surface area (Å²) >= 11 is 6.25. The number of benzene rings is 1. The Kier molecular flexibility index (Phi) is 10.0. The van der Waals surface area contributed by atoms with Gasteiger partial charge in [0.15, 0.2) is 0 Å². The van der Waals surface area contributed by atoms with Gasteiger partial charge in [0, 0.05) is 11.6 Å². The first-order valence-electron chi connectivity index (χ1n) is 6.99. The largest absolute Gasteiger partial charge is 0.467 e. The average molecular weight is 395 g/mol. The number of nitrogens with zero attached hydrogens (tertiary/aromatic N) is 1. The number of hydrogen-bond acceptors (Lipinski definition) is 4. The molecule has 0 aliphatic heterocycles. The van der Waals surface area contributed by atoms with E-state index in [1.807, 2.05) is 43.3 Å². The highest BCUT2D eigenvalue weighted by atomic mass is 35.5. The molecule has 1 heterocycles. The highest BCUT2D eigenvalue weighted by molar-refractivity contribution is 6.31. The number of likely N-dealkylation sites (N-methyl/N-ethyl adjacent to an activating group) is 1. The molecule has 0 saturated heterocycles. The molecule has 0 bridgehead atoms. The number of hydrogen-bond donors (Lipinski definition) is 2. The molecule has 0 spiro atoms. The summed E-state index contributed by atoms with van der Waals surface area (Å²) in [6.45, 7) is 0.714. The van der Waals surface area contributed by atoms with E-state index in [9.17, 15) is 4.79 Å². The molecule has 2 aromatic rings. The Bertz CT molecular complexity index is 647. The van der Waals surface area contributed by atoms with E-state index < -0.39 is 0 Å². The first-order chi connectivity index (χ1) is 10.5. The fourth-order valence-corrected chi connectivity index (χ4v) is 2.48. The molecule has 0 aliphatic carbocycles. The number of nitrogens with one attached hydrogen (secondary N) is 1. The predicted molar refractivity (Wildman–Crippen MR) is 101 cm³/mol. The van der Waals surface area contributed by atoms with Crippen molar-refractivity contribution in [2.75, 3.05) is 20.6 Å². The van der Waals surface area contributed by atoms with Crippen molar-refractivity contribution >= 4 is 42.3 Å². The Morgan fingerprint density at radius 2 is 2.00 bits per heavy atom. The lowest BCUT2D eigenvalue weighted by Crippen LogP contribution is -2.34. The molecular formula is C16H22Cl3N3O2. The summed E-state index contributed by atoms with van der Waals surface area (Å²) in [6, 6.07) is 9.26. The molecule has 1 atom stereocenters. The second-order valence-electron chi connectivity index (χ2n) is 5.22. The second-order valence-corrected chi connectivity index (χ2v) is 5.62. The first kappa shape index (κ1) is 22.8. The van der Waals surface area contributed by atoms with E-state index in [1.165, 1.54) is 6.26 Å². The predicted octanol–water partition coefficient (Wildman–Crippen LogP) is 3.27. The Balaban J connectivity index is 0.00000264. The number of amides is 1. The quantitative estimate of drug-likeness (QED) is 0.789. The zero-order valence-electron chi connectivity index (χ0n) is 13.5. The molecule has 0 saturated carbocycles. The maximum Gasteiger partial charge on any atom is 0.254 e. The molecule has 134 valence electrons. The van der Waals surface area contributed by atoms with E-state index in [2.05, 4.69) is 5.32 Å². The van der Waals surface area contributed by atoms with Crippen molar-refractivity contribution in [1.82, 2.24) is 10.2 Å². The van der Waals surface area contributed by atoms with Gasteiger partial charge in [-0.05, 0) is 31.8 Å². The highest BCUT2D eigenvalue weighted by Gasteiger charge is 2.18. The molecule has 0 fully saturated rings. The minimum absolute atomic E-state index is 0. The highest BCUT2D eigenvalue weighted by Crippen LogP contribution is 2.25. The maximum atomic E-state index is 12.2. The molecule has 3 N–H and O–H groups in total. The number of rotatable bonds is 6. The summed E-state index contributed by atoms with van der Waals surface area (Å²) in [4.78, 5) is 14.2. The zero-order valence-corrected chi connectivity index (χ0v) is 15.9. The van der Waals surface area contributed by atoms with Gasteiger partial charge >= 0.3 is 0 Å². The van der Waals surface area contributed by atoms with Crippen molar-refractivity contribution in [1.29, 1.82) is 0 Å². The van der Waals surface area contributed by atoms with E-state index in [1.54, 1.807) is 6.07 Å². The van der Waals surface area contributed by atoms with Gasteiger partial charge in [0.1, 0.15) is 12.0 Å². The van der Waals surface area contributed by atoms with Crippen LogP contribution in [-0.4, -0.2) is 31.4 Å². The van der Waals surface area contributed by atoms with E-state index in [0.717, 1.165) is 5.56 Å². The number of carbonyl (C=O) groups is 1. The van der Waals surface area contributed by atoms with Crippen molar-refractivity contribution in [2.45, 2.75) is 12.6 Å². The second kappa shape index (κ2) is 10.6. The molecule has 1 aromatic heterocycles. The number of nitrogens with two attached hydrogens (primary N) is 1. The molecule has 1 amide bonds. The van der Waals surface area contributed by atoms with Crippen LogP contribution in [0.15, 0.2) is 41.0 Å². The third kappa shape index (κ3) is 5.69. The van der Waals surface area contributed by atoms with E-state index in [-0.39, 0.29) is 43.3 Å². The summed E-state index contributed by atoms with van der Waals surface area (Å²) in [5, 5.41) is 3.59. The molecule has 5 nitrogen and oxygen atoms in total. The maximum absolute atomic E-state index is 12.2. The van der Waals surface area contributed by atoms with Gasteiger partial charge < -0.3 is 20.4 Å². The lowest BCUT2D eigenvalue weighted by molar-refractivity contribution is 0.0941. The fraction of sp³-hybridized carbons (Fsp3) is 0.312. The third-order valence-corrected chi connectivity index (χ3v) is 3.80. The summed E-state index contributed by atoms with van der Waals surface area (Å²) in [7, 11) is 3.90. The van der Waals surface area contributed by atoms with E-state index >= 15 is 0 Å². The Morgan fingerprint density at radius 1 is 1.33 bits per heavy atom. The molecule has 8 heteroatoms. The van der Waals surface area contributed by atoms with Gasteiger partial charge in [-0.1, -0.05) is 29.8 Å². The number of halogens is 3. The smallest absolute Gasteiger partial charge is 0.254 e. The van der Waals surface area contributed by atoms with Crippen molar-refractivity contribution in [3.8, 4) is 0 Å². The first-order valence-corrected chi connectivity index (χ1v) is 7.37. The van der Waals surface area contributed by atoms with E-state index in [0.29, 0.717) is 22.9 Å². The Hall–Kier alpha value is -1.24. The van der Waals surface area contributed by atoms with Gasteiger partial charge in [0.25, 0.3) is 5.91 Å². The minimum Gasteiger partial charge on any atom is -0.467 e. The number of carbonyl (C=O) groups excluding carboxylic acids is 1. The standard InChI is InChI=1S/C16H20ClN3O2.2ClH/c1-20(2)15(13-5-3-4-6-14(13)17)9-19-16(21)11-7-12(8-18)22-10-11;;/h3-7,10,15H,8-9,18H2,1-2H3,(H,19,21);2*1H. The summed E-state index contributed by atoms with van der Waals surface area (Å²) < 4.78 is 5.18. The normalized spacial score (nSPS) is 11.4. The third-order valence-electron chi connectivity index (χ3n) is 3.46. The molecule has 1 aromatic carbocycles. The van der Waals surface area contributed by atoms with Crippen LogP contribution in [0.5, 0.6) is 0 Å². The van der Waals surface area contributed by atoms with Crippen LogP contribution in [-0.2, 0) is 6.54 Å². The minimum atomic E-state index is -0.192. The SMILES string of the molecule is CN(C)C(CNC(=O)c1coc(CN)c1)c1ccccc1Cl.Cl.Cl. The number of furan rings is 1.